The third kappa shape index (κ3) is 8.07. The van der Waals surface area contributed by atoms with Crippen LogP contribution in [0.1, 0.15) is 39.0 Å². The summed E-state index contributed by atoms with van der Waals surface area (Å²) in [5, 5.41) is 0. The summed E-state index contributed by atoms with van der Waals surface area (Å²) in [6.07, 6.45) is 8.49. The second-order valence-electron chi connectivity index (χ2n) is 3.12. The van der Waals surface area contributed by atoms with Gasteiger partial charge in [0.15, 0.2) is 0 Å². The molecular weight excluding hydrogens is 163 g/mol. The number of hydrogen-bond acceptors (Lipinski definition) is 2. The lowest BCUT2D eigenvalue weighted by Gasteiger charge is -2.01. The molecule has 0 atom stereocenters. The van der Waals surface area contributed by atoms with Crippen LogP contribution in [0.5, 0.6) is 0 Å². The first-order chi connectivity index (χ1) is 6.35. The third-order valence-electron chi connectivity index (χ3n) is 1.98. The van der Waals surface area contributed by atoms with Crippen LogP contribution in [0.2, 0.25) is 0 Å². The van der Waals surface area contributed by atoms with E-state index in [-0.39, 0.29) is 7.12 Å². The van der Waals surface area contributed by atoms with E-state index in [1.54, 1.807) is 14.2 Å². The summed E-state index contributed by atoms with van der Waals surface area (Å²) in [6, 6.07) is 0. The monoisotopic (exact) mass is 184 g/mol. The van der Waals surface area contributed by atoms with Gasteiger partial charge in [0.2, 0.25) is 0 Å². The summed E-state index contributed by atoms with van der Waals surface area (Å²) in [7, 11) is 3.12. The van der Waals surface area contributed by atoms with E-state index < -0.39 is 0 Å². The molecule has 0 saturated carbocycles. The molecule has 0 heterocycles. The lowest BCUT2D eigenvalue weighted by Crippen LogP contribution is -2.15. The molecule has 0 aliphatic heterocycles. The first-order valence-electron chi connectivity index (χ1n) is 5.07. The highest BCUT2D eigenvalue weighted by atomic mass is 16.6. The van der Waals surface area contributed by atoms with Crippen molar-refractivity contribution in [1.29, 1.82) is 0 Å². The van der Waals surface area contributed by atoms with Crippen molar-refractivity contribution in [2.24, 2.45) is 0 Å². The lowest BCUT2D eigenvalue weighted by molar-refractivity contribution is 0.290. The number of allylic oxidation sites excluding steroid dienone is 1. The summed E-state index contributed by atoms with van der Waals surface area (Å²) in [5.74, 6) is 1.96. The minimum absolute atomic E-state index is 0.175. The summed E-state index contributed by atoms with van der Waals surface area (Å²) in [6.45, 7) is 2.22. The zero-order valence-electron chi connectivity index (χ0n) is 9.08. The molecule has 0 spiro atoms. The van der Waals surface area contributed by atoms with Crippen molar-refractivity contribution in [3.8, 4) is 0 Å². The van der Waals surface area contributed by atoms with Crippen LogP contribution in [0.3, 0.4) is 0 Å². The Balaban J connectivity index is 3.28. The second kappa shape index (κ2) is 9.81. The van der Waals surface area contributed by atoms with Crippen molar-refractivity contribution in [2.45, 2.75) is 39.0 Å². The normalized spacial score (nSPS) is 11.0. The Bertz CT molecular complexity index is 122. The van der Waals surface area contributed by atoms with Gasteiger partial charge in [0.05, 0.1) is 0 Å². The maximum atomic E-state index is 5.02. The van der Waals surface area contributed by atoms with Gasteiger partial charge in [-0.05, 0) is 12.8 Å². The fourth-order valence-electron chi connectivity index (χ4n) is 1.15. The molecule has 0 aromatic carbocycles. The first-order valence-corrected chi connectivity index (χ1v) is 5.07. The summed E-state index contributed by atoms with van der Waals surface area (Å²) >= 11 is 0. The molecule has 0 bridgehead atoms. The van der Waals surface area contributed by atoms with E-state index in [9.17, 15) is 0 Å². The van der Waals surface area contributed by atoms with Crippen molar-refractivity contribution in [2.75, 3.05) is 14.2 Å². The van der Waals surface area contributed by atoms with Gasteiger partial charge < -0.3 is 9.31 Å². The van der Waals surface area contributed by atoms with Gasteiger partial charge in [-0.2, -0.15) is 0 Å². The molecular formula is C10H21BO2. The quantitative estimate of drug-likeness (QED) is 0.426. The predicted octanol–water partition coefficient (Wildman–Crippen LogP) is 2.83. The predicted molar refractivity (Wildman–Crippen MR) is 57.7 cm³/mol. The molecule has 0 fully saturated rings. The maximum absolute atomic E-state index is 5.02. The van der Waals surface area contributed by atoms with Gasteiger partial charge >= 0.3 is 7.12 Å². The average molecular weight is 184 g/mol. The van der Waals surface area contributed by atoms with Crippen LogP contribution in [0.25, 0.3) is 0 Å². The molecule has 3 heteroatoms. The van der Waals surface area contributed by atoms with E-state index in [1.165, 1.54) is 25.7 Å². The van der Waals surface area contributed by atoms with E-state index in [1.807, 2.05) is 5.98 Å². The van der Waals surface area contributed by atoms with Crippen molar-refractivity contribution in [1.82, 2.24) is 0 Å². The Kier molecular flexibility index (Phi) is 9.60. The molecule has 76 valence electrons. The van der Waals surface area contributed by atoms with Crippen LogP contribution in [0.4, 0.5) is 0 Å². The molecule has 0 N–H and O–H groups in total. The van der Waals surface area contributed by atoms with Crippen molar-refractivity contribution >= 4 is 7.12 Å². The van der Waals surface area contributed by atoms with Crippen molar-refractivity contribution in [3.05, 3.63) is 12.1 Å². The Morgan fingerprint density at radius 3 is 2.31 bits per heavy atom. The SMILES string of the molecule is CCCCCC/C=C\B(OC)OC. The summed E-state index contributed by atoms with van der Waals surface area (Å²) in [5.41, 5.74) is 0. The highest BCUT2D eigenvalue weighted by Crippen LogP contribution is 2.03. The molecule has 0 aliphatic carbocycles. The minimum Gasteiger partial charge on any atom is -0.410 e. The van der Waals surface area contributed by atoms with Crippen LogP contribution in [0, 0.1) is 0 Å². The van der Waals surface area contributed by atoms with Crippen molar-refractivity contribution < 1.29 is 9.31 Å². The zero-order valence-corrected chi connectivity index (χ0v) is 9.08. The van der Waals surface area contributed by atoms with Crippen LogP contribution in [-0.4, -0.2) is 21.3 Å². The Morgan fingerprint density at radius 1 is 1.08 bits per heavy atom. The standard InChI is InChI=1S/C10H21BO2/c1-4-5-6-7-8-9-10-11(12-2)13-3/h9-10H,4-8H2,1-3H3/b10-9-. The highest BCUT2D eigenvalue weighted by Gasteiger charge is 2.06. The van der Waals surface area contributed by atoms with E-state index in [2.05, 4.69) is 13.0 Å². The molecule has 0 saturated heterocycles. The first kappa shape index (κ1) is 12.7. The van der Waals surface area contributed by atoms with Gasteiger partial charge in [0.1, 0.15) is 0 Å². The molecule has 0 rings (SSSR count). The van der Waals surface area contributed by atoms with Gasteiger partial charge in [-0.25, -0.2) is 0 Å². The molecule has 13 heavy (non-hydrogen) atoms. The lowest BCUT2D eigenvalue weighted by atomic mass is 9.89. The van der Waals surface area contributed by atoms with E-state index in [0.717, 1.165) is 6.42 Å². The zero-order chi connectivity index (χ0) is 9.94. The fraction of sp³-hybridized carbons (Fsp3) is 0.800. The third-order valence-corrected chi connectivity index (χ3v) is 1.98. The minimum atomic E-state index is -0.175. The molecule has 0 unspecified atom stereocenters. The van der Waals surface area contributed by atoms with Crippen LogP contribution in [-0.2, 0) is 9.31 Å². The van der Waals surface area contributed by atoms with Crippen LogP contribution in [0.15, 0.2) is 12.1 Å². The highest BCUT2D eigenvalue weighted by molar-refractivity contribution is 6.50. The van der Waals surface area contributed by atoms with Gasteiger partial charge in [-0.1, -0.05) is 38.2 Å². The molecule has 0 radical (unpaired) electrons. The van der Waals surface area contributed by atoms with Crippen molar-refractivity contribution in [3.63, 3.8) is 0 Å². The summed E-state index contributed by atoms with van der Waals surface area (Å²) < 4.78 is 10.0. The molecule has 0 aromatic rings. The molecule has 0 aliphatic rings. The largest absolute Gasteiger partial charge is 0.485 e. The molecule has 0 amide bonds. The van der Waals surface area contributed by atoms with E-state index in [0.29, 0.717) is 0 Å². The average Bonchev–Trinajstić information content (AvgIpc) is 2.17. The smallest absolute Gasteiger partial charge is 0.410 e. The van der Waals surface area contributed by atoms with Gasteiger partial charge in [-0.3, -0.25) is 0 Å². The molecule has 0 aromatic heterocycles. The maximum Gasteiger partial charge on any atom is 0.485 e. The number of hydrogen-bond donors (Lipinski definition) is 0. The summed E-state index contributed by atoms with van der Waals surface area (Å²) in [4.78, 5) is 0. The Morgan fingerprint density at radius 2 is 1.77 bits per heavy atom. The van der Waals surface area contributed by atoms with Gasteiger partial charge in [-0.15, -0.1) is 0 Å². The van der Waals surface area contributed by atoms with Gasteiger partial charge in [0.25, 0.3) is 0 Å². The fourth-order valence-corrected chi connectivity index (χ4v) is 1.15. The Hall–Kier alpha value is -0.275. The molecule has 2 nitrogen and oxygen atoms in total. The number of unbranched alkanes of at least 4 members (excludes halogenated alkanes) is 4. The van der Waals surface area contributed by atoms with E-state index in [4.69, 9.17) is 9.31 Å². The van der Waals surface area contributed by atoms with Crippen LogP contribution < -0.4 is 0 Å². The topological polar surface area (TPSA) is 18.5 Å². The van der Waals surface area contributed by atoms with Crippen LogP contribution >= 0.6 is 0 Å². The number of rotatable bonds is 8. The van der Waals surface area contributed by atoms with E-state index >= 15 is 0 Å². The Labute approximate surface area is 82.5 Å². The second-order valence-corrected chi connectivity index (χ2v) is 3.12. The van der Waals surface area contributed by atoms with Gasteiger partial charge in [0, 0.05) is 14.2 Å².